The lowest BCUT2D eigenvalue weighted by atomic mass is 10.0. The first-order valence-corrected chi connectivity index (χ1v) is 7.64. The molecule has 0 radical (unpaired) electrons. The molecule has 1 aromatic rings. The maximum atomic E-state index is 5.53. The van der Waals surface area contributed by atoms with E-state index in [1.807, 2.05) is 11.8 Å². The van der Waals surface area contributed by atoms with Gasteiger partial charge in [-0.25, -0.2) is 0 Å². The predicted molar refractivity (Wildman–Crippen MR) is 78.1 cm³/mol. The molecule has 5 nitrogen and oxygen atoms in total. The zero-order valence-corrected chi connectivity index (χ0v) is 12.0. The molecule has 1 heterocycles. The Bertz CT molecular complexity index is 338. The second-order valence-corrected chi connectivity index (χ2v) is 5.43. The Morgan fingerprint density at radius 2 is 1.78 bits per heavy atom. The average molecular weight is 269 g/mol. The van der Waals surface area contributed by atoms with E-state index >= 15 is 0 Å². The lowest BCUT2D eigenvalue weighted by molar-refractivity contribution is 0.499. The van der Waals surface area contributed by atoms with Gasteiger partial charge in [0, 0.05) is 0 Å². The molecule has 4 N–H and O–H groups in total. The monoisotopic (exact) mass is 269 g/mol. The number of aromatic nitrogens is 3. The Kier molecular flexibility index (Phi) is 6.78. The van der Waals surface area contributed by atoms with Crippen molar-refractivity contribution in [2.24, 2.45) is 5.92 Å². The highest BCUT2D eigenvalue weighted by molar-refractivity contribution is 7.98. The van der Waals surface area contributed by atoms with Gasteiger partial charge in [-0.3, -0.25) is 0 Å². The quantitative estimate of drug-likeness (QED) is 0.753. The number of rotatable bonds is 8. The first-order chi connectivity index (χ1) is 8.65. The van der Waals surface area contributed by atoms with Crippen LogP contribution in [0.1, 0.15) is 45.4 Å². The van der Waals surface area contributed by atoms with Crippen molar-refractivity contribution in [3.8, 4) is 0 Å². The highest BCUT2D eigenvalue weighted by Gasteiger charge is 2.07. The van der Waals surface area contributed by atoms with Gasteiger partial charge in [-0.05, 0) is 18.1 Å². The van der Waals surface area contributed by atoms with Crippen LogP contribution in [0.2, 0.25) is 0 Å². The third-order valence-corrected chi connectivity index (χ3v) is 4.01. The van der Waals surface area contributed by atoms with Crippen LogP contribution in [-0.4, -0.2) is 20.7 Å². The lowest BCUT2D eigenvalue weighted by Gasteiger charge is -2.13. The van der Waals surface area contributed by atoms with E-state index in [-0.39, 0.29) is 11.9 Å². The number of hydrogen-bond donors (Lipinski definition) is 2. The van der Waals surface area contributed by atoms with E-state index in [9.17, 15) is 0 Å². The van der Waals surface area contributed by atoms with Crippen molar-refractivity contribution >= 4 is 23.7 Å². The first-order valence-electron chi connectivity index (χ1n) is 6.49. The van der Waals surface area contributed by atoms with Crippen LogP contribution in [0.4, 0.5) is 11.9 Å². The van der Waals surface area contributed by atoms with Crippen molar-refractivity contribution in [3.63, 3.8) is 0 Å². The molecule has 0 saturated carbocycles. The Labute approximate surface area is 113 Å². The summed E-state index contributed by atoms with van der Waals surface area (Å²) >= 11 is 1.84. The summed E-state index contributed by atoms with van der Waals surface area (Å²) in [6.07, 6.45) is 5.11. The lowest BCUT2D eigenvalue weighted by Crippen LogP contribution is -2.07. The molecule has 0 spiro atoms. The van der Waals surface area contributed by atoms with Gasteiger partial charge in [0.25, 0.3) is 0 Å². The number of anilines is 2. The molecule has 0 saturated heterocycles. The number of nitrogens with zero attached hydrogens (tertiary/aromatic N) is 3. The summed E-state index contributed by atoms with van der Waals surface area (Å²) in [7, 11) is 0. The Balaban J connectivity index is 2.35. The summed E-state index contributed by atoms with van der Waals surface area (Å²) in [5, 5.41) is 0. The standard InChI is InChI=1S/C12H23N5S/c1-3-5-6-9(4-2)7-18-8-10-15-11(13)17-12(14)16-10/h9H,3-8H2,1-2H3,(H4,13,14,15,16,17). The summed E-state index contributed by atoms with van der Waals surface area (Å²) in [6.45, 7) is 4.48. The third-order valence-electron chi connectivity index (χ3n) is 2.84. The van der Waals surface area contributed by atoms with E-state index in [0.29, 0.717) is 5.82 Å². The Morgan fingerprint density at radius 3 is 2.33 bits per heavy atom. The molecule has 0 aliphatic heterocycles. The molecule has 0 aliphatic carbocycles. The van der Waals surface area contributed by atoms with E-state index in [2.05, 4.69) is 28.8 Å². The topological polar surface area (TPSA) is 90.7 Å². The van der Waals surface area contributed by atoms with Crippen LogP contribution in [0.25, 0.3) is 0 Å². The van der Waals surface area contributed by atoms with E-state index in [1.54, 1.807) is 0 Å². The number of nitrogens with two attached hydrogens (primary N) is 2. The smallest absolute Gasteiger partial charge is 0.225 e. The van der Waals surface area contributed by atoms with Crippen molar-refractivity contribution in [1.29, 1.82) is 0 Å². The van der Waals surface area contributed by atoms with Gasteiger partial charge >= 0.3 is 0 Å². The molecule has 1 atom stereocenters. The minimum Gasteiger partial charge on any atom is -0.368 e. The second kappa shape index (κ2) is 8.13. The van der Waals surface area contributed by atoms with Crippen molar-refractivity contribution in [2.75, 3.05) is 17.2 Å². The first kappa shape index (κ1) is 15.0. The third kappa shape index (κ3) is 5.53. The van der Waals surface area contributed by atoms with Crippen LogP contribution in [-0.2, 0) is 5.75 Å². The molecular formula is C12H23N5S. The molecule has 1 unspecified atom stereocenters. The summed E-state index contributed by atoms with van der Waals surface area (Å²) < 4.78 is 0. The van der Waals surface area contributed by atoms with Crippen LogP contribution in [0.15, 0.2) is 0 Å². The molecule has 1 rings (SSSR count). The highest BCUT2D eigenvalue weighted by atomic mass is 32.2. The van der Waals surface area contributed by atoms with E-state index in [4.69, 9.17) is 11.5 Å². The van der Waals surface area contributed by atoms with Crippen molar-refractivity contribution in [2.45, 2.75) is 45.3 Å². The van der Waals surface area contributed by atoms with Gasteiger partial charge < -0.3 is 11.5 Å². The molecule has 0 amide bonds. The molecule has 102 valence electrons. The molecule has 0 aromatic carbocycles. The average Bonchev–Trinajstić information content (AvgIpc) is 2.32. The molecule has 0 aliphatic rings. The van der Waals surface area contributed by atoms with Gasteiger partial charge in [-0.2, -0.15) is 26.7 Å². The molecular weight excluding hydrogens is 246 g/mol. The molecule has 1 aromatic heterocycles. The summed E-state index contributed by atoms with van der Waals surface area (Å²) in [5.74, 6) is 3.76. The van der Waals surface area contributed by atoms with E-state index in [1.165, 1.54) is 25.7 Å². The van der Waals surface area contributed by atoms with Crippen LogP contribution < -0.4 is 11.5 Å². The molecule has 6 heteroatoms. The van der Waals surface area contributed by atoms with Crippen LogP contribution in [0, 0.1) is 5.92 Å². The summed E-state index contributed by atoms with van der Waals surface area (Å²) in [6, 6.07) is 0. The van der Waals surface area contributed by atoms with Crippen LogP contribution >= 0.6 is 11.8 Å². The minimum atomic E-state index is 0.205. The zero-order valence-electron chi connectivity index (χ0n) is 11.2. The summed E-state index contributed by atoms with van der Waals surface area (Å²) in [4.78, 5) is 11.9. The number of thioether (sulfide) groups is 1. The van der Waals surface area contributed by atoms with Crippen LogP contribution in [0.3, 0.4) is 0 Å². The van der Waals surface area contributed by atoms with Gasteiger partial charge in [-0.1, -0.05) is 33.1 Å². The highest BCUT2D eigenvalue weighted by Crippen LogP contribution is 2.20. The Hall–Kier alpha value is -1.04. The van der Waals surface area contributed by atoms with Crippen molar-refractivity contribution in [1.82, 2.24) is 15.0 Å². The zero-order chi connectivity index (χ0) is 13.4. The fourth-order valence-electron chi connectivity index (χ4n) is 1.74. The normalized spacial score (nSPS) is 12.6. The van der Waals surface area contributed by atoms with Gasteiger partial charge in [0.2, 0.25) is 11.9 Å². The maximum absolute atomic E-state index is 5.53. The van der Waals surface area contributed by atoms with Gasteiger partial charge in [0.15, 0.2) is 0 Å². The van der Waals surface area contributed by atoms with Gasteiger partial charge in [-0.15, -0.1) is 0 Å². The predicted octanol–water partition coefficient (Wildman–Crippen LogP) is 2.49. The maximum Gasteiger partial charge on any atom is 0.225 e. The summed E-state index contributed by atoms with van der Waals surface area (Å²) in [5.41, 5.74) is 11.1. The largest absolute Gasteiger partial charge is 0.368 e. The number of nitrogen functional groups attached to an aromatic ring is 2. The number of hydrogen-bond acceptors (Lipinski definition) is 6. The SMILES string of the molecule is CCCCC(CC)CSCc1nc(N)nc(N)n1. The van der Waals surface area contributed by atoms with Crippen molar-refractivity contribution in [3.05, 3.63) is 5.82 Å². The number of unbranched alkanes of at least 4 members (excludes halogenated alkanes) is 1. The van der Waals surface area contributed by atoms with Gasteiger partial charge in [0.05, 0.1) is 5.75 Å². The molecule has 0 bridgehead atoms. The fourth-order valence-corrected chi connectivity index (χ4v) is 2.90. The fraction of sp³-hybridized carbons (Fsp3) is 0.750. The van der Waals surface area contributed by atoms with E-state index < -0.39 is 0 Å². The second-order valence-electron chi connectivity index (χ2n) is 4.40. The van der Waals surface area contributed by atoms with Gasteiger partial charge in [0.1, 0.15) is 5.82 Å². The Morgan fingerprint density at radius 1 is 1.11 bits per heavy atom. The van der Waals surface area contributed by atoms with Crippen LogP contribution in [0.5, 0.6) is 0 Å². The van der Waals surface area contributed by atoms with E-state index in [0.717, 1.165) is 17.4 Å². The molecule has 0 fully saturated rings. The minimum absolute atomic E-state index is 0.205. The van der Waals surface area contributed by atoms with Crippen molar-refractivity contribution < 1.29 is 0 Å². The molecule has 18 heavy (non-hydrogen) atoms.